The quantitative estimate of drug-likeness (QED) is 0.503. The van der Waals surface area contributed by atoms with Gasteiger partial charge in [-0.1, -0.05) is 66.7 Å². The molecule has 3 aromatic rings. The van der Waals surface area contributed by atoms with Crippen molar-refractivity contribution in [1.82, 2.24) is 14.1 Å². The fourth-order valence-corrected chi connectivity index (χ4v) is 6.85. The number of amides is 1. The summed E-state index contributed by atoms with van der Waals surface area (Å²) in [6.07, 6.45) is 1.77. The third kappa shape index (κ3) is 4.96. The van der Waals surface area contributed by atoms with Crippen LogP contribution in [0.5, 0.6) is 0 Å². The van der Waals surface area contributed by atoms with Crippen LogP contribution in [0.1, 0.15) is 45.9 Å². The number of carbonyl (C=O) groups excluding carboxylic acids is 1. The van der Waals surface area contributed by atoms with Gasteiger partial charge in [0.1, 0.15) is 0 Å². The molecule has 36 heavy (non-hydrogen) atoms. The van der Waals surface area contributed by atoms with E-state index in [1.165, 1.54) is 15.4 Å². The fraction of sp³-hybridized carbons (Fsp3) is 0.345. The van der Waals surface area contributed by atoms with E-state index < -0.39 is 10.0 Å². The van der Waals surface area contributed by atoms with Crippen LogP contribution in [0.15, 0.2) is 83.8 Å². The smallest absolute Gasteiger partial charge is 0.254 e. The molecule has 0 aliphatic carbocycles. The van der Waals surface area contributed by atoms with Gasteiger partial charge in [0.25, 0.3) is 5.91 Å². The summed E-state index contributed by atoms with van der Waals surface area (Å²) in [5.74, 6) is -0.0957. The summed E-state index contributed by atoms with van der Waals surface area (Å²) < 4.78 is 27.7. The van der Waals surface area contributed by atoms with Crippen molar-refractivity contribution >= 4 is 15.9 Å². The van der Waals surface area contributed by atoms with Crippen LogP contribution in [0.3, 0.4) is 0 Å². The molecule has 7 heteroatoms. The Morgan fingerprint density at radius 2 is 1.31 bits per heavy atom. The van der Waals surface area contributed by atoms with Crippen molar-refractivity contribution in [3.05, 3.63) is 101 Å². The molecule has 2 heterocycles. The number of hydrogen-bond acceptors (Lipinski definition) is 4. The molecular formula is C29H33N3O3S. The van der Waals surface area contributed by atoms with Crippen molar-refractivity contribution in [3.63, 3.8) is 0 Å². The van der Waals surface area contributed by atoms with Gasteiger partial charge in [-0.05, 0) is 48.6 Å². The predicted octanol–water partition coefficient (Wildman–Crippen LogP) is 4.33. The van der Waals surface area contributed by atoms with Gasteiger partial charge in [0.2, 0.25) is 10.0 Å². The van der Waals surface area contributed by atoms with Gasteiger partial charge in [0, 0.05) is 44.8 Å². The number of rotatable bonds is 6. The highest BCUT2D eigenvalue weighted by Gasteiger charge is 2.31. The van der Waals surface area contributed by atoms with Crippen molar-refractivity contribution < 1.29 is 13.2 Å². The Morgan fingerprint density at radius 3 is 1.86 bits per heavy atom. The minimum atomic E-state index is -3.57. The molecule has 5 rings (SSSR count). The summed E-state index contributed by atoms with van der Waals surface area (Å²) in [6.45, 7) is 5.64. The lowest BCUT2D eigenvalue weighted by Gasteiger charge is -2.40. The summed E-state index contributed by atoms with van der Waals surface area (Å²) in [4.78, 5) is 18.0. The van der Waals surface area contributed by atoms with E-state index in [1.807, 2.05) is 24.0 Å². The van der Waals surface area contributed by atoms with E-state index in [-0.39, 0.29) is 16.8 Å². The molecule has 0 radical (unpaired) electrons. The lowest BCUT2D eigenvalue weighted by atomic mass is 9.96. The van der Waals surface area contributed by atoms with Gasteiger partial charge in [0.15, 0.2) is 0 Å². The molecule has 188 valence electrons. The summed E-state index contributed by atoms with van der Waals surface area (Å²) in [6, 6.07) is 26.0. The zero-order valence-corrected chi connectivity index (χ0v) is 21.5. The maximum Gasteiger partial charge on any atom is 0.254 e. The maximum absolute atomic E-state index is 13.5. The van der Waals surface area contributed by atoms with Crippen molar-refractivity contribution in [2.75, 3.05) is 39.3 Å². The zero-order valence-electron chi connectivity index (χ0n) is 20.7. The molecule has 0 bridgehead atoms. The van der Waals surface area contributed by atoms with Gasteiger partial charge in [-0.25, -0.2) is 8.42 Å². The Morgan fingerprint density at radius 1 is 0.750 bits per heavy atom. The van der Waals surface area contributed by atoms with Crippen molar-refractivity contribution in [3.8, 4) is 0 Å². The first kappa shape index (κ1) is 24.7. The Labute approximate surface area is 214 Å². The Balaban J connectivity index is 1.34. The molecule has 6 nitrogen and oxygen atoms in total. The summed E-state index contributed by atoms with van der Waals surface area (Å²) in [5, 5.41) is 0. The van der Waals surface area contributed by atoms with Crippen LogP contribution >= 0.6 is 0 Å². The van der Waals surface area contributed by atoms with Crippen molar-refractivity contribution in [1.29, 1.82) is 0 Å². The number of piperazine rings is 1. The highest BCUT2D eigenvalue weighted by atomic mass is 32.2. The van der Waals surface area contributed by atoms with Crippen molar-refractivity contribution in [2.24, 2.45) is 0 Å². The molecule has 3 aromatic carbocycles. The molecule has 0 N–H and O–H groups in total. The molecule has 2 fully saturated rings. The molecule has 0 aromatic heterocycles. The number of nitrogens with zero attached hydrogens (tertiary/aromatic N) is 3. The van der Waals surface area contributed by atoms with Crippen LogP contribution in [-0.4, -0.2) is 67.7 Å². The number of hydrogen-bond donors (Lipinski definition) is 0. The Hall–Kier alpha value is -3.00. The predicted molar refractivity (Wildman–Crippen MR) is 141 cm³/mol. The molecule has 0 spiro atoms. The van der Waals surface area contributed by atoms with Gasteiger partial charge in [-0.15, -0.1) is 0 Å². The van der Waals surface area contributed by atoms with E-state index in [9.17, 15) is 13.2 Å². The van der Waals surface area contributed by atoms with E-state index in [2.05, 4.69) is 53.4 Å². The fourth-order valence-electron chi connectivity index (χ4n) is 5.31. The molecular weight excluding hydrogens is 470 g/mol. The summed E-state index contributed by atoms with van der Waals surface area (Å²) in [5.41, 5.74) is 3.75. The van der Waals surface area contributed by atoms with Gasteiger partial charge in [-0.2, -0.15) is 4.31 Å². The number of sulfonamides is 1. The Bertz CT molecular complexity index is 1260. The SMILES string of the molecule is Cc1ccc(S(=O)(=O)N2CCCC2)cc1C(=O)N1CCN(C(c2ccccc2)c2ccccc2)CC1. The standard InChI is InChI=1S/C29H33N3O3S/c1-23-14-15-26(36(34,35)32-16-8-9-17-32)22-27(23)29(33)31-20-18-30(19-21-31)28(24-10-4-2-5-11-24)25-12-6-3-7-13-25/h2-7,10-15,22,28H,8-9,16-21H2,1H3. The highest BCUT2D eigenvalue weighted by molar-refractivity contribution is 7.89. The van der Waals surface area contributed by atoms with Gasteiger partial charge >= 0.3 is 0 Å². The van der Waals surface area contributed by atoms with Crippen molar-refractivity contribution in [2.45, 2.75) is 30.7 Å². The molecule has 0 unspecified atom stereocenters. The third-order valence-corrected chi connectivity index (χ3v) is 9.23. The minimum absolute atomic E-state index is 0.0957. The second kappa shape index (κ2) is 10.5. The average molecular weight is 504 g/mol. The van der Waals surface area contributed by atoms with Gasteiger partial charge in [0.05, 0.1) is 10.9 Å². The van der Waals surface area contributed by atoms with Crippen LogP contribution < -0.4 is 0 Å². The normalized spacial score (nSPS) is 17.6. The van der Waals surface area contributed by atoms with Crippen LogP contribution in [0.25, 0.3) is 0 Å². The molecule has 2 aliphatic heterocycles. The molecule has 1 amide bonds. The molecule has 2 aliphatic rings. The van der Waals surface area contributed by atoms with E-state index in [0.717, 1.165) is 31.5 Å². The Kier molecular flexibility index (Phi) is 7.23. The number of carbonyl (C=O) groups is 1. The van der Waals surface area contributed by atoms with E-state index in [0.29, 0.717) is 31.7 Å². The van der Waals surface area contributed by atoms with Crippen LogP contribution in [0.4, 0.5) is 0 Å². The van der Waals surface area contributed by atoms with Crippen LogP contribution in [-0.2, 0) is 10.0 Å². The zero-order chi connectivity index (χ0) is 25.1. The van der Waals surface area contributed by atoms with E-state index in [4.69, 9.17) is 0 Å². The largest absolute Gasteiger partial charge is 0.336 e. The van der Waals surface area contributed by atoms with Crippen LogP contribution in [0, 0.1) is 6.92 Å². The molecule has 2 saturated heterocycles. The second-order valence-electron chi connectivity index (χ2n) is 9.64. The topological polar surface area (TPSA) is 60.9 Å². The third-order valence-electron chi connectivity index (χ3n) is 7.34. The lowest BCUT2D eigenvalue weighted by Crippen LogP contribution is -2.50. The average Bonchev–Trinajstić information content (AvgIpc) is 3.47. The monoisotopic (exact) mass is 503 g/mol. The maximum atomic E-state index is 13.5. The minimum Gasteiger partial charge on any atom is -0.336 e. The highest BCUT2D eigenvalue weighted by Crippen LogP contribution is 2.30. The number of aryl methyl sites for hydroxylation is 1. The molecule has 0 atom stereocenters. The lowest BCUT2D eigenvalue weighted by molar-refractivity contribution is 0.0596. The number of benzene rings is 3. The van der Waals surface area contributed by atoms with Crippen LogP contribution in [0.2, 0.25) is 0 Å². The van der Waals surface area contributed by atoms with Gasteiger partial charge < -0.3 is 4.90 Å². The first-order valence-corrected chi connectivity index (χ1v) is 14.1. The van der Waals surface area contributed by atoms with Gasteiger partial charge in [-0.3, -0.25) is 9.69 Å². The first-order chi connectivity index (χ1) is 17.4. The second-order valence-corrected chi connectivity index (χ2v) is 11.6. The first-order valence-electron chi connectivity index (χ1n) is 12.7. The summed E-state index contributed by atoms with van der Waals surface area (Å²) in [7, 11) is -3.57. The summed E-state index contributed by atoms with van der Waals surface area (Å²) >= 11 is 0. The van der Waals surface area contributed by atoms with E-state index >= 15 is 0 Å². The van der Waals surface area contributed by atoms with E-state index in [1.54, 1.807) is 18.2 Å². The molecule has 0 saturated carbocycles.